The molecule has 0 fully saturated rings. The minimum absolute atomic E-state index is 0.0579. The van der Waals surface area contributed by atoms with Crippen LogP contribution >= 0.6 is 23.2 Å². The van der Waals surface area contributed by atoms with Gasteiger partial charge in [0.25, 0.3) is 0 Å². The van der Waals surface area contributed by atoms with Gasteiger partial charge < -0.3 is 0 Å². The van der Waals surface area contributed by atoms with Crippen LogP contribution in [0.5, 0.6) is 0 Å². The molecule has 0 atom stereocenters. The highest BCUT2D eigenvalue weighted by atomic mass is 35.5. The van der Waals surface area contributed by atoms with Gasteiger partial charge in [-0.2, -0.15) is 13.2 Å². The van der Waals surface area contributed by atoms with E-state index in [4.69, 9.17) is 23.2 Å². The Morgan fingerprint density at radius 3 is 2.10 bits per heavy atom. The van der Waals surface area contributed by atoms with Crippen LogP contribution in [0, 0.1) is 12.7 Å². The topological polar surface area (TPSA) is 25.8 Å². The second-order valence-electron chi connectivity index (χ2n) is 3.94. The summed E-state index contributed by atoms with van der Waals surface area (Å²) in [5.41, 5.74) is -1.22. The first-order valence-corrected chi connectivity index (χ1v) is 6.02. The molecule has 2 rings (SSSR count). The van der Waals surface area contributed by atoms with Gasteiger partial charge >= 0.3 is 6.18 Å². The third-order valence-corrected chi connectivity index (χ3v) is 3.29. The number of hydrogen-bond acceptors (Lipinski definition) is 2. The average molecular weight is 325 g/mol. The Hall–Kier alpha value is -1.40. The lowest BCUT2D eigenvalue weighted by Gasteiger charge is -2.13. The number of alkyl halides is 3. The molecule has 0 aliphatic heterocycles. The Kier molecular flexibility index (Phi) is 3.88. The largest absolute Gasteiger partial charge is 0.417 e. The van der Waals surface area contributed by atoms with Crippen LogP contribution in [0.3, 0.4) is 0 Å². The summed E-state index contributed by atoms with van der Waals surface area (Å²) in [5.74, 6) is -1.32. The number of aromatic nitrogens is 2. The van der Waals surface area contributed by atoms with Gasteiger partial charge in [-0.25, -0.2) is 14.4 Å². The number of rotatable bonds is 1. The van der Waals surface area contributed by atoms with Gasteiger partial charge in [-0.3, -0.25) is 0 Å². The number of halogens is 6. The monoisotopic (exact) mass is 324 g/mol. The van der Waals surface area contributed by atoms with Gasteiger partial charge in [-0.15, -0.1) is 0 Å². The van der Waals surface area contributed by atoms with Crippen molar-refractivity contribution in [1.29, 1.82) is 0 Å². The van der Waals surface area contributed by atoms with Gasteiger partial charge in [0.05, 0.1) is 5.56 Å². The molecule has 0 saturated heterocycles. The fourth-order valence-electron chi connectivity index (χ4n) is 1.53. The van der Waals surface area contributed by atoms with Crippen LogP contribution in [0.25, 0.3) is 11.4 Å². The summed E-state index contributed by atoms with van der Waals surface area (Å²) in [6.07, 6.45) is -4.75. The minimum Gasteiger partial charge on any atom is -0.216 e. The Labute approximate surface area is 121 Å². The number of nitrogens with zero attached hydrogens (tertiary/aromatic N) is 2. The molecule has 2 aromatic rings. The molecular formula is C12H6Cl2F4N2. The van der Waals surface area contributed by atoms with E-state index in [9.17, 15) is 17.6 Å². The lowest BCUT2D eigenvalue weighted by molar-refractivity contribution is -0.137. The van der Waals surface area contributed by atoms with Crippen LogP contribution in [0.4, 0.5) is 17.6 Å². The molecule has 20 heavy (non-hydrogen) atoms. The first-order chi connectivity index (χ1) is 9.20. The molecule has 1 heterocycles. The highest BCUT2D eigenvalue weighted by Gasteiger charge is 2.35. The molecule has 0 aliphatic carbocycles. The molecule has 0 spiro atoms. The maximum Gasteiger partial charge on any atom is 0.417 e. The summed E-state index contributed by atoms with van der Waals surface area (Å²) in [7, 11) is 0. The molecule has 1 aromatic carbocycles. The van der Waals surface area contributed by atoms with E-state index >= 15 is 0 Å². The summed E-state index contributed by atoms with van der Waals surface area (Å²) >= 11 is 11.6. The van der Waals surface area contributed by atoms with Crippen molar-refractivity contribution in [2.45, 2.75) is 13.1 Å². The van der Waals surface area contributed by atoms with E-state index in [1.54, 1.807) is 0 Å². The van der Waals surface area contributed by atoms with Gasteiger partial charge in [0.1, 0.15) is 16.1 Å². The second-order valence-corrected chi connectivity index (χ2v) is 4.66. The number of hydrogen-bond donors (Lipinski definition) is 0. The minimum atomic E-state index is -4.75. The Bertz CT molecular complexity index is 648. The van der Waals surface area contributed by atoms with E-state index in [1.165, 1.54) is 6.92 Å². The SMILES string of the molecule is Cc1c(Cl)nc(-c2ccc(F)cc2C(F)(F)F)nc1Cl. The molecule has 1 aromatic heterocycles. The summed E-state index contributed by atoms with van der Waals surface area (Å²) < 4.78 is 51.7. The predicted octanol–water partition coefficient (Wildman–Crippen LogP) is 4.92. The quantitative estimate of drug-likeness (QED) is 0.549. The van der Waals surface area contributed by atoms with E-state index in [1.807, 2.05) is 0 Å². The van der Waals surface area contributed by atoms with Gasteiger partial charge in [0.15, 0.2) is 5.82 Å². The highest BCUT2D eigenvalue weighted by molar-refractivity contribution is 6.34. The average Bonchev–Trinajstić information content (AvgIpc) is 2.34. The standard InChI is InChI=1S/C12H6Cl2F4N2/c1-5-9(13)19-11(20-10(5)14)7-3-2-6(15)4-8(7)12(16,17)18/h2-4H,1H3. The van der Waals surface area contributed by atoms with Crippen molar-refractivity contribution in [2.75, 3.05) is 0 Å². The van der Waals surface area contributed by atoms with Crippen molar-refractivity contribution in [3.63, 3.8) is 0 Å². The van der Waals surface area contributed by atoms with Crippen LogP contribution in [-0.2, 0) is 6.18 Å². The summed E-state index contributed by atoms with van der Waals surface area (Å²) in [5, 5.41) is -0.116. The van der Waals surface area contributed by atoms with Gasteiger partial charge in [-0.1, -0.05) is 23.2 Å². The molecule has 0 amide bonds. The molecule has 0 saturated carbocycles. The Morgan fingerprint density at radius 2 is 1.60 bits per heavy atom. The third-order valence-electron chi connectivity index (χ3n) is 2.55. The van der Waals surface area contributed by atoms with E-state index in [-0.39, 0.29) is 21.7 Å². The summed E-state index contributed by atoms with van der Waals surface area (Å²) in [4.78, 5) is 7.51. The molecule has 0 N–H and O–H groups in total. The Morgan fingerprint density at radius 1 is 1.05 bits per heavy atom. The lowest BCUT2D eigenvalue weighted by atomic mass is 10.1. The van der Waals surface area contributed by atoms with Gasteiger partial charge in [-0.05, 0) is 25.1 Å². The van der Waals surface area contributed by atoms with Crippen LogP contribution in [0.2, 0.25) is 10.3 Å². The molecule has 0 unspecified atom stereocenters. The van der Waals surface area contributed by atoms with E-state index in [0.717, 1.165) is 12.1 Å². The van der Waals surface area contributed by atoms with Crippen LogP contribution in [-0.4, -0.2) is 9.97 Å². The van der Waals surface area contributed by atoms with Gasteiger partial charge in [0.2, 0.25) is 0 Å². The zero-order valence-electron chi connectivity index (χ0n) is 9.89. The Balaban J connectivity index is 2.70. The normalized spacial score (nSPS) is 11.8. The van der Waals surface area contributed by atoms with Crippen molar-refractivity contribution in [3.8, 4) is 11.4 Å². The van der Waals surface area contributed by atoms with Crippen LogP contribution in [0.15, 0.2) is 18.2 Å². The molecule has 2 nitrogen and oxygen atoms in total. The summed E-state index contributed by atoms with van der Waals surface area (Å²) in [6, 6.07) is 2.20. The van der Waals surface area contributed by atoms with E-state index in [2.05, 4.69) is 9.97 Å². The zero-order valence-corrected chi connectivity index (χ0v) is 11.4. The molecule has 0 aliphatic rings. The van der Waals surface area contributed by atoms with E-state index < -0.39 is 17.6 Å². The van der Waals surface area contributed by atoms with Crippen molar-refractivity contribution in [3.05, 3.63) is 45.4 Å². The smallest absolute Gasteiger partial charge is 0.216 e. The third kappa shape index (κ3) is 2.86. The lowest BCUT2D eigenvalue weighted by Crippen LogP contribution is -2.09. The summed E-state index contributed by atoms with van der Waals surface area (Å²) in [6.45, 7) is 1.53. The van der Waals surface area contributed by atoms with Crippen molar-refractivity contribution in [2.24, 2.45) is 0 Å². The van der Waals surface area contributed by atoms with Crippen LogP contribution in [0.1, 0.15) is 11.1 Å². The van der Waals surface area contributed by atoms with Gasteiger partial charge in [0, 0.05) is 11.1 Å². The molecule has 0 bridgehead atoms. The fourth-order valence-corrected chi connectivity index (χ4v) is 1.92. The second kappa shape index (κ2) is 5.18. The predicted molar refractivity (Wildman–Crippen MR) is 67.2 cm³/mol. The first-order valence-electron chi connectivity index (χ1n) is 5.27. The molecule has 0 radical (unpaired) electrons. The van der Waals surface area contributed by atoms with Crippen LogP contribution < -0.4 is 0 Å². The van der Waals surface area contributed by atoms with E-state index in [0.29, 0.717) is 11.6 Å². The van der Waals surface area contributed by atoms with Crippen molar-refractivity contribution < 1.29 is 17.6 Å². The van der Waals surface area contributed by atoms with Crippen molar-refractivity contribution >= 4 is 23.2 Å². The molecule has 8 heteroatoms. The first kappa shape index (κ1) is 15.0. The number of benzene rings is 1. The highest BCUT2D eigenvalue weighted by Crippen LogP contribution is 2.37. The molecular weight excluding hydrogens is 319 g/mol. The van der Waals surface area contributed by atoms with Crippen molar-refractivity contribution in [1.82, 2.24) is 9.97 Å². The molecule has 106 valence electrons. The fraction of sp³-hybridized carbons (Fsp3) is 0.167. The maximum absolute atomic E-state index is 13.0. The zero-order chi connectivity index (χ0) is 15.1. The maximum atomic E-state index is 13.0.